The highest BCUT2D eigenvalue weighted by molar-refractivity contribution is 9.10. The maximum Gasteiger partial charge on any atom is 0.270 e. The first-order valence-electron chi connectivity index (χ1n) is 7.32. The SMILES string of the molecule is COc1cc(/C=C2/SC(=S)N(c3ccccc3C)C2=O)cc(Br)c1O. The van der Waals surface area contributed by atoms with E-state index in [-0.39, 0.29) is 11.7 Å². The summed E-state index contributed by atoms with van der Waals surface area (Å²) >= 11 is 9.94. The number of anilines is 1. The van der Waals surface area contributed by atoms with Gasteiger partial charge in [0.25, 0.3) is 5.91 Å². The fourth-order valence-electron chi connectivity index (χ4n) is 2.47. The lowest BCUT2D eigenvalue weighted by molar-refractivity contribution is -0.113. The van der Waals surface area contributed by atoms with Gasteiger partial charge in [-0.3, -0.25) is 9.69 Å². The largest absolute Gasteiger partial charge is 0.503 e. The van der Waals surface area contributed by atoms with Crippen molar-refractivity contribution in [2.24, 2.45) is 0 Å². The second kappa shape index (κ2) is 7.19. The molecule has 1 saturated heterocycles. The molecule has 1 fully saturated rings. The number of amides is 1. The summed E-state index contributed by atoms with van der Waals surface area (Å²) in [6, 6.07) is 11.0. The molecule has 2 aromatic rings. The first-order chi connectivity index (χ1) is 11.9. The van der Waals surface area contributed by atoms with Gasteiger partial charge in [0.15, 0.2) is 15.8 Å². The van der Waals surface area contributed by atoms with Gasteiger partial charge < -0.3 is 9.84 Å². The third-order valence-corrected chi connectivity index (χ3v) is 5.63. The monoisotopic (exact) mass is 435 g/mol. The molecule has 7 heteroatoms. The van der Waals surface area contributed by atoms with Crippen molar-refractivity contribution in [2.75, 3.05) is 12.0 Å². The Morgan fingerprint density at radius 1 is 1.32 bits per heavy atom. The highest BCUT2D eigenvalue weighted by atomic mass is 79.9. The second-order valence-electron chi connectivity index (χ2n) is 5.36. The van der Waals surface area contributed by atoms with Crippen molar-refractivity contribution in [3.05, 3.63) is 56.9 Å². The van der Waals surface area contributed by atoms with Crippen LogP contribution in [0.4, 0.5) is 5.69 Å². The molecule has 1 amide bonds. The van der Waals surface area contributed by atoms with Crippen molar-refractivity contribution < 1.29 is 14.6 Å². The van der Waals surface area contributed by atoms with Crippen LogP contribution in [0.3, 0.4) is 0 Å². The fraction of sp³-hybridized carbons (Fsp3) is 0.111. The molecule has 1 N–H and O–H groups in total. The zero-order valence-corrected chi connectivity index (χ0v) is 16.7. The van der Waals surface area contributed by atoms with Crippen LogP contribution in [-0.2, 0) is 4.79 Å². The standard InChI is InChI=1S/C18H14BrNO3S2/c1-10-5-3-4-6-13(10)20-17(22)15(25-18(20)24)9-11-7-12(19)16(21)14(8-11)23-2/h3-9,21H,1-2H3/b15-9+. The highest BCUT2D eigenvalue weighted by Crippen LogP contribution is 2.39. The number of phenolic OH excluding ortho intramolecular Hbond substituents is 1. The van der Waals surface area contributed by atoms with Crippen molar-refractivity contribution in [1.29, 1.82) is 0 Å². The lowest BCUT2D eigenvalue weighted by Gasteiger charge is -2.16. The fourth-order valence-corrected chi connectivity index (χ4v) is 4.22. The van der Waals surface area contributed by atoms with Gasteiger partial charge in [-0.2, -0.15) is 0 Å². The van der Waals surface area contributed by atoms with E-state index in [1.54, 1.807) is 23.1 Å². The number of methoxy groups -OCH3 is 1. The van der Waals surface area contributed by atoms with E-state index in [4.69, 9.17) is 17.0 Å². The average Bonchev–Trinajstić information content (AvgIpc) is 2.85. The molecule has 0 aliphatic carbocycles. The molecule has 25 heavy (non-hydrogen) atoms. The van der Waals surface area contributed by atoms with E-state index in [9.17, 15) is 9.90 Å². The normalized spacial score (nSPS) is 16.0. The van der Waals surface area contributed by atoms with E-state index in [1.807, 2.05) is 31.2 Å². The molecule has 0 atom stereocenters. The lowest BCUT2D eigenvalue weighted by atomic mass is 10.1. The molecule has 0 unspecified atom stereocenters. The third-order valence-electron chi connectivity index (χ3n) is 3.72. The molecule has 4 nitrogen and oxygen atoms in total. The Morgan fingerprint density at radius 3 is 2.72 bits per heavy atom. The summed E-state index contributed by atoms with van der Waals surface area (Å²) in [4.78, 5) is 14.9. The van der Waals surface area contributed by atoms with Crippen molar-refractivity contribution in [3.8, 4) is 11.5 Å². The summed E-state index contributed by atoms with van der Waals surface area (Å²) in [5.74, 6) is 0.189. The van der Waals surface area contributed by atoms with Crippen LogP contribution >= 0.6 is 39.9 Å². The number of thioether (sulfide) groups is 1. The summed E-state index contributed by atoms with van der Waals surface area (Å²) in [7, 11) is 1.48. The predicted molar refractivity (Wildman–Crippen MR) is 109 cm³/mol. The van der Waals surface area contributed by atoms with E-state index in [2.05, 4.69) is 15.9 Å². The van der Waals surface area contributed by atoms with Crippen LogP contribution in [0, 0.1) is 6.92 Å². The Morgan fingerprint density at radius 2 is 2.04 bits per heavy atom. The summed E-state index contributed by atoms with van der Waals surface area (Å²) in [5, 5.41) is 9.90. The Balaban J connectivity index is 1.99. The average molecular weight is 436 g/mol. The van der Waals surface area contributed by atoms with Gasteiger partial charge in [0.2, 0.25) is 0 Å². The number of aromatic hydroxyl groups is 1. The van der Waals surface area contributed by atoms with E-state index in [0.717, 1.165) is 16.8 Å². The molecule has 0 spiro atoms. The van der Waals surface area contributed by atoms with E-state index >= 15 is 0 Å². The number of phenols is 1. The van der Waals surface area contributed by atoms with Gasteiger partial charge in [0.05, 0.1) is 22.2 Å². The van der Waals surface area contributed by atoms with Crippen LogP contribution in [0.5, 0.6) is 11.5 Å². The highest BCUT2D eigenvalue weighted by Gasteiger charge is 2.34. The maximum absolute atomic E-state index is 12.8. The number of carbonyl (C=O) groups excluding carboxylic acids is 1. The maximum atomic E-state index is 12.8. The van der Waals surface area contributed by atoms with E-state index in [0.29, 0.717) is 19.4 Å². The molecule has 0 bridgehead atoms. The van der Waals surface area contributed by atoms with Crippen LogP contribution in [-0.4, -0.2) is 22.4 Å². The number of carbonyl (C=O) groups is 1. The van der Waals surface area contributed by atoms with Crippen molar-refractivity contribution in [2.45, 2.75) is 6.92 Å². The minimum atomic E-state index is -0.160. The Hall–Kier alpha value is -1.83. The van der Waals surface area contributed by atoms with Crippen LogP contribution < -0.4 is 9.64 Å². The number of benzene rings is 2. The molecule has 128 valence electrons. The number of thiocarbonyl (C=S) groups is 1. The van der Waals surface area contributed by atoms with Crippen LogP contribution in [0.2, 0.25) is 0 Å². The van der Waals surface area contributed by atoms with Gasteiger partial charge >= 0.3 is 0 Å². The summed E-state index contributed by atoms with van der Waals surface area (Å²) in [6.45, 7) is 1.94. The zero-order chi connectivity index (χ0) is 18.1. The summed E-state index contributed by atoms with van der Waals surface area (Å²) in [6.07, 6.45) is 1.74. The molecular weight excluding hydrogens is 422 g/mol. The number of rotatable bonds is 3. The number of hydrogen-bond acceptors (Lipinski definition) is 5. The second-order valence-corrected chi connectivity index (χ2v) is 7.89. The molecular formula is C18H14BrNO3S2. The van der Waals surface area contributed by atoms with Crippen molar-refractivity contribution >= 4 is 61.9 Å². The number of para-hydroxylation sites is 1. The van der Waals surface area contributed by atoms with Crippen LogP contribution in [0.15, 0.2) is 45.8 Å². The van der Waals surface area contributed by atoms with Crippen LogP contribution in [0.25, 0.3) is 6.08 Å². The first kappa shape index (κ1) is 18.0. The molecule has 1 aliphatic heterocycles. The van der Waals surface area contributed by atoms with E-state index in [1.165, 1.54) is 18.9 Å². The molecule has 1 heterocycles. The summed E-state index contributed by atoms with van der Waals surface area (Å²) in [5.41, 5.74) is 2.50. The summed E-state index contributed by atoms with van der Waals surface area (Å²) < 4.78 is 6.14. The van der Waals surface area contributed by atoms with Crippen molar-refractivity contribution in [3.63, 3.8) is 0 Å². The number of halogens is 1. The topological polar surface area (TPSA) is 49.8 Å². The third kappa shape index (κ3) is 3.44. The van der Waals surface area contributed by atoms with Gasteiger partial charge in [0.1, 0.15) is 0 Å². The Kier molecular flexibility index (Phi) is 5.17. The van der Waals surface area contributed by atoms with Gasteiger partial charge in [-0.1, -0.05) is 42.2 Å². The minimum Gasteiger partial charge on any atom is -0.503 e. The molecule has 0 radical (unpaired) electrons. The minimum absolute atomic E-state index is 0.0205. The van der Waals surface area contributed by atoms with Gasteiger partial charge in [0, 0.05) is 0 Å². The number of ether oxygens (including phenoxy) is 1. The zero-order valence-electron chi connectivity index (χ0n) is 13.4. The quantitative estimate of drug-likeness (QED) is 0.549. The van der Waals surface area contributed by atoms with Gasteiger partial charge in [-0.25, -0.2) is 0 Å². The number of hydrogen-bond donors (Lipinski definition) is 1. The molecule has 3 rings (SSSR count). The van der Waals surface area contributed by atoms with Crippen molar-refractivity contribution in [1.82, 2.24) is 0 Å². The first-order valence-corrected chi connectivity index (χ1v) is 9.34. The molecule has 0 saturated carbocycles. The number of aryl methyl sites for hydroxylation is 1. The van der Waals surface area contributed by atoms with E-state index < -0.39 is 0 Å². The van der Waals surface area contributed by atoms with Gasteiger partial charge in [-0.15, -0.1) is 0 Å². The van der Waals surface area contributed by atoms with Crippen LogP contribution in [0.1, 0.15) is 11.1 Å². The smallest absolute Gasteiger partial charge is 0.270 e. The lowest BCUT2D eigenvalue weighted by Crippen LogP contribution is -2.28. The van der Waals surface area contributed by atoms with Gasteiger partial charge in [-0.05, 0) is 58.3 Å². The predicted octanol–water partition coefficient (Wildman–Crippen LogP) is 4.88. The Bertz CT molecular complexity index is 911. The number of nitrogens with zero attached hydrogens (tertiary/aromatic N) is 1. The molecule has 1 aliphatic rings. The Labute approximate surface area is 163 Å². The molecule has 2 aromatic carbocycles. The molecule has 0 aromatic heterocycles.